The smallest absolute Gasteiger partial charge is 0.147 e. The van der Waals surface area contributed by atoms with Gasteiger partial charge in [-0.25, -0.2) is 4.98 Å². The predicted octanol–water partition coefficient (Wildman–Crippen LogP) is 0.161. The summed E-state index contributed by atoms with van der Waals surface area (Å²) in [5.74, 6) is 0. The number of hydrogen-bond acceptors (Lipinski definition) is 3. The van der Waals surface area contributed by atoms with Gasteiger partial charge in [0.2, 0.25) is 0 Å². The Balaban J connectivity index is 2.15. The predicted molar refractivity (Wildman–Crippen MR) is 49.2 cm³/mol. The molecule has 0 radical (unpaired) electrons. The van der Waals surface area contributed by atoms with Crippen LogP contribution < -0.4 is 5.32 Å². The number of methoxy groups -OCH3 is 1. The molecule has 4 heteroatoms. The molecule has 12 heavy (non-hydrogen) atoms. The average molecular weight is 187 g/mol. The van der Waals surface area contributed by atoms with E-state index in [9.17, 15) is 0 Å². The minimum Gasteiger partial charge on any atom is -0.379 e. The Hall–Kier alpha value is -0.450. The molecule has 0 fully saturated rings. The average Bonchev–Trinajstić information content (AvgIpc) is 2.45. The van der Waals surface area contributed by atoms with Gasteiger partial charge in [0, 0.05) is 18.2 Å². The molecule has 0 spiro atoms. The highest BCUT2D eigenvalue weighted by Crippen LogP contribution is 2.05. The normalized spacial score (nSPS) is 10.5. The number of ether oxygens (including phenoxy) is 1. The third-order valence-electron chi connectivity index (χ3n) is 1.51. The molecule has 1 aromatic heterocycles. The van der Waals surface area contributed by atoms with Crippen LogP contribution in [0.4, 0.5) is 0 Å². The Bertz CT molecular complexity index is 225. The van der Waals surface area contributed by atoms with E-state index >= 15 is 0 Å². The Labute approximate surface area is 76.8 Å². The molecule has 0 atom stereocenters. The molecule has 0 saturated heterocycles. The van der Waals surface area contributed by atoms with Crippen molar-refractivity contribution >= 4 is 11.3 Å². The molecule has 0 aliphatic carbocycles. The first-order chi connectivity index (χ1) is 5.83. The number of aromatic nitrogens is 1. The lowest BCUT2D eigenvalue weighted by atomic mass is 10.5. The number of nitrogens with two attached hydrogens (primary N) is 1. The highest BCUT2D eigenvalue weighted by molar-refractivity contribution is 7.09. The molecule has 68 valence electrons. The third-order valence-corrected chi connectivity index (χ3v) is 2.50. The van der Waals surface area contributed by atoms with Crippen molar-refractivity contribution in [2.24, 2.45) is 0 Å². The SMILES string of the molecule is COCC[NH2+]Cc1nc(C)cs1. The summed E-state index contributed by atoms with van der Waals surface area (Å²) >= 11 is 1.72. The van der Waals surface area contributed by atoms with Crippen LogP contribution in [0.2, 0.25) is 0 Å². The molecule has 0 unspecified atom stereocenters. The molecule has 1 aromatic rings. The molecule has 0 aliphatic rings. The van der Waals surface area contributed by atoms with Gasteiger partial charge in [-0.05, 0) is 6.92 Å². The number of quaternary nitrogens is 1. The van der Waals surface area contributed by atoms with Crippen LogP contribution in [0.5, 0.6) is 0 Å². The lowest BCUT2D eigenvalue weighted by Gasteiger charge is -1.96. The van der Waals surface area contributed by atoms with Crippen molar-refractivity contribution in [2.45, 2.75) is 13.5 Å². The van der Waals surface area contributed by atoms with Crippen molar-refractivity contribution in [3.05, 3.63) is 16.1 Å². The largest absolute Gasteiger partial charge is 0.379 e. The van der Waals surface area contributed by atoms with Gasteiger partial charge >= 0.3 is 0 Å². The van der Waals surface area contributed by atoms with E-state index in [2.05, 4.69) is 15.7 Å². The van der Waals surface area contributed by atoms with Gasteiger partial charge in [0.05, 0.1) is 13.2 Å². The molecule has 0 aromatic carbocycles. The quantitative estimate of drug-likeness (QED) is 0.667. The summed E-state index contributed by atoms with van der Waals surface area (Å²) in [4.78, 5) is 4.35. The Morgan fingerprint density at radius 3 is 3.08 bits per heavy atom. The molecule has 3 nitrogen and oxygen atoms in total. The van der Waals surface area contributed by atoms with E-state index in [1.54, 1.807) is 18.4 Å². The molecular formula is C8H15N2OS+. The van der Waals surface area contributed by atoms with Crippen LogP contribution in [-0.2, 0) is 11.3 Å². The molecule has 1 heterocycles. The number of thiazole rings is 1. The molecular weight excluding hydrogens is 172 g/mol. The summed E-state index contributed by atoms with van der Waals surface area (Å²) in [5, 5.41) is 5.49. The Morgan fingerprint density at radius 1 is 1.67 bits per heavy atom. The Morgan fingerprint density at radius 2 is 2.50 bits per heavy atom. The monoisotopic (exact) mass is 187 g/mol. The van der Waals surface area contributed by atoms with Crippen molar-refractivity contribution in [2.75, 3.05) is 20.3 Å². The van der Waals surface area contributed by atoms with Crippen molar-refractivity contribution in [3.8, 4) is 0 Å². The van der Waals surface area contributed by atoms with Crippen molar-refractivity contribution in [3.63, 3.8) is 0 Å². The van der Waals surface area contributed by atoms with E-state index in [1.165, 1.54) is 5.01 Å². The summed E-state index contributed by atoms with van der Waals surface area (Å²) in [6.07, 6.45) is 0. The minimum atomic E-state index is 0.810. The maximum Gasteiger partial charge on any atom is 0.147 e. The fraction of sp³-hybridized carbons (Fsp3) is 0.625. The second kappa shape index (κ2) is 5.24. The molecule has 2 N–H and O–H groups in total. The first-order valence-electron chi connectivity index (χ1n) is 4.04. The van der Waals surface area contributed by atoms with Crippen molar-refractivity contribution < 1.29 is 10.1 Å². The van der Waals surface area contributed by atoms with Crippen LogP contribution >= 0.6 is 11.3 Å². The van der Waals surface area contributed by atoms with E-state index < -0.39 is 0 Å². The van der Waals surface area contributed by atoms with Crippen LogP contribution in [0.15, 0.2) is 5.38 Å². The van der Waals surface area contributed by atoms with Crippen molar-refractivity contribution in [1.82, 2.24) is 4.98 Å². The topological polar surface area (TPSA) is 38.7 Å². The van der Waals surface area contributed by atoms with Crippen LogP contribution in [0.25, 0.3) is 0 Å². The summed E-state index contributed by atoms with van der Waals surface area (Å²) in [6, 6.07) is 0. The van der Waals surface area contributed by atoms with Crippen LogP contribution in [0, 0.1) is 6.92 Å². The maximum absolute atomic E-state index is 4.94. The zero-order valence-electron chi connectivity index (χ0n) is 7.54. The van der Waals surface area contributed by atoms with Gasteiger partial charge in [-0.3, -0.25) is 0 Å². The fourth-order valence-electron chi connectivity index (χ4n) is 0.923. The van der Waals surface area contributed by atoms with Gasteiger partial charge < -0.3 is 10.1 Å². The number of hydrogen-bond donors (Lipinski definition) is 1. The molecule has 0 saturated carbocycles. The second-order valence-corrected chi connectivity index (χ2v) is 3.60. The lowest BCUT2D eigenvalue weighted by Crippen LogP contribution is -2.83. The van der Waals surface area contributed by atoms with E-state index in [0.717, 1.165) is 25.4 Å². The number of aryl methyl sites for hydroxylation is 1. The highest BCUT2D eigenvalue weighted by atomic mass is 32.1. The molecule has 1 rings (SSSR count). The molecule has 0 amide bonds. The summed E-state index contributed by atoms with van der Waals surface area (Å²) in [7, 11) is 1.72. The van der Waals surface area contributed by atoms with Gasteiger partial charge in [-0.1, -0.05) is 0 Å². The summed E-state index contributed by atoms with van der Waals surface area (Å²) in [6.45, 7) is 4.82. The first kappa shape index (κ1) is 9.64. The Kier molecular flexibility index (Phi) is 4.21. The van der Waals surface area contributed by atoms with Gasteiger partial charge in [0.1, 0.15) is 11.6 Å². The van der Waals surface area contributed by atoms with E-state index in [0.29, 0.717) is 0 Å². The van der Waals surface area contributed by atoms with Crippen molar-refractivity contribution in [1.29, 1.82) is 0 Å². The number of nitrogens with zero attached hydrogens (tertiary/aromatic N) is 1. The van der Waals surface area contributed by atoms with Gasteiger partial charge in [-0.15, -0.1) is 11.3 Å². The number of rotatable bonds is 5. The lowest BCUT2D eigenvalue weighted by molar-refractivity contribution is -0.671. The highest BCUT2D eigenvalue weighted by Gasteiger charge is 1.99. The van der Waals surface area contributed by atoms with Crippen LogP contribution in [0.3, 0.4) is 0 Å². The molecule has 0 aliphatic heterocycles. The van der Waals surface area contributed by atoms with Gasteiger partial charge in [-0.2, -0.15) is 0 Å². The van der Waals surface area contributed by atoms with Crippen LogP contribution in [0.1, 0.15) is 10.7 Å². The van der Waals surface area contributed by atoms with Gasteiger partial charge in [0.25, 0.3) is 0 Å². The zero-order valence-corrected chi connectivity index (χ0v) is 8.36. The standard InChI is InChI=1S/C8H14N2OS/c1-7-6-12-8(10-7)5-9-3-4-11-2/h6,9H,3-5H2,1-2H3/p+1. The minimum absolute atomic E-state index is 0.810. The second-order valence-electron chi connectivity index (χ2n) is 2.66. The maximum atomic E-state index is 4.94. The molecule has 0 bridgehead atoms. The van der Waals surface area contributed by atoms with Crippen LogP contribution in [-0.4, -0.2) is 25.2 Å². The van der Waals surface area contributed by atoms with E-state index in [1.807, 2.05) is 6.92 Å². The summed E-state index contributed by atoms with van der Waals surface area (Å²) < 4.78 is 4.94. The zero-order chi connectivity index (χ0) is 8.81. The fourth-order valence-corrected chi connectivity index (χ4v) is 1.69. The first-order valence-corrected chi connectivity index (χ1v) is 4.92. The van der Waals surface area contributed by atoms with Gasteiger partial charge in [0.15, 0.2) is 0 Å². The third kappa shape index (κ3) is 3.30. The van der Waals surface area contributed by atoms with E-state index in [-0.39, 0.29) is 0 Å². The summed E-state index contributed by atoms with van der Waals surface area (Å²) in [5.41, 5.74) is 1.12. The van der Waals surface area contributed by atoms with E-state index in [4.69, 9.17) is 4.74 Å².